The molecular formula is C25H36N8O. The van der Waals surface area contributed by atoms with Gasteiger partial charge in [0, 0.05) is 32.2 Å². The second kappa shape index (κ2) is 10.6. The third-order valence-corrected chi connectivity index (χ3v) is 7.48. The van der Waals surface area contributed by atoms with Gasteiger partial charge in [0.15, 0.2) is 11.6 Å². The zero-order valence-corrected chi connectivity index (χ0v) is 20.1. The van der Waals surface area contributed by atoms with Gasteiger partial charge in [-0.15, -0.1) is 5.10 Å². The number of nitrogens with zero attached hydrogens (tertiary/aromatic N) is 6. The monoisotopic (exact) mass is 464 g/mol. The SMILES string of the molecule is CC(C(=O)Nc1cncc(N2CCCC2)n1)c1ccc(N2CCC[C@@H](NCC3CCC3)C2)nn1. The van der Waals surface area contributed by atoms with Crippen molar-refractivity contribution < 1.29 is 4.79 Å². The second-order valence-corrected chi connectivity index (χ2v) is 9.97. The molecule has 2 atom stereocenters. The van der Waals surface area contributed by atoms with Gasteiger partial charge < -0.3 is 20.4 Å². The summed E-state index contributed by atoms with van der Waals surface area (Å²) in [7, 11) is 0. The zero-order chi connectivity index (χ0) is 23.3. The minimum Gasteiger partial charge on any atom is -0.355 e. The third kappa shape index (κ3) is 5.46. The number of amides is 1. The van der Waals surface area contributed by atoms with E-state index in [1.54, 1.807) is 12.4 Å². The fraction of sp³-hybridized carbons (Fsp3) is 0.640. The van der Waals surface area contributed by atoms with Crippen molar-refractivity contribution in [1.82, 2.24) is 25.5 Å². The van der Waals surface area contributed by atoms with Gasteiger partial charge in [0.25, 0.3) is 0 Å². The van der Waals surface area contributed by atoms with Crippen LogP contribution in [0.25, 0.3) is 0 Å². The Morgan fingerprint density at radius 2 is 1.82 bits per heavy atom. The van der Waals surface area contributed by atoms with Crippen LogP contribution in [0, 0.1) is 5.92 Å². The van der Waals surface area contributed by atoms with Crippen LogP contribution in [0.4, 0.5) is 17.5 Å². The van der Waals surface area contributed by atoms with Gasteiger partial charge in [-0.2, -0.15) is 5.10 Å². The Bertz CT molecular complexity index is 958. The molecule has 0 spiro atoms. The van der Waals surface area contributed by atoms with Crippen LogP contribution in [0.15, 0.2) is 24.5 Å². The summed E-state index contributed by atoms with van der Waals surface area (Å²) in [5.41, 5.74) is 0.654. The van der Waals surface area contributed by atoms with E-state index in [-0.39, 0.29) is 5.91 Å². The van der Waals surface area contributed by atoms with E-state index in [0.717, 1.165) is 56.7 Å². The van der Waals surface area contributed by atoms with E-state index in [2.05, 4.69) is 40.6 Å². The Balaban J connectivity index is 1.16. The Labute approximate surface area is 201 Å². The number of anilines is 3. The number of nitrogens with one attached hydrogen (secondary N) is 2. The summed E-state index contributed by atoms with van der Waals surface area (Å²) in [4.78, 5) is 26.2. The molecule has 4 heterocycles. The highest BCUT2D eigenvalue weighted by atomic mass is 16.2. The van der Waals surface area contributed by atoms with Crippen LogP contribution in [0.3, 0.4) is 0 Å². The van der Waals surface area contributed by atoms with E-state index in [1.807, 2.05) is 19.1 Å². The summed E-state index contributed by atoms with van der Waals surface area (Å²) < 4.78 is 0. The van der Waals surface area contributed by atoms with Crippen molar-refractivity contribution in [2.24, 2.45) is 5.92 Å². The average molecular weight is 465 g/mol. The fourth-order valence-corrected chi connectivity index (χ4v) is 5.00. The molecule has 9 nitrogen and oxygen atoms in total. The summed E-state index contributed by atoms with van der Waals surface area (Å²) in [5.74, 6) is 2.45. The molecule has 2 aromatic rings. The van der Waals surface area contributed by atoms with Gasteiger partial charge in [0.05, 0.1) is 24.0 Å². The average Bonchev–Trinajstić information content (AvgIpc) is 3.38. The van der Waals surface area contributed by atoms with Crippen molar-refractivity contribution in [2.75, 3.05) is 47.8 Å². The van der Waals surface area contributed by atoms with Crippen molar-refractivity contribution in [3.05, 3.63) is 30.2 Å². The van der Waals surface area contributed by atoms with Crippen LogP contribution in [-0.4, -0.2) is 64.8 Å². The molecule has 2 aromatic heterocycles. The van der Waals surface area contributed by atoms with Crippen molar-refractivity contribution >= 4 is 23.4 Å². The van der Waals surface area contributed by atoms with Crippen LogP contribution < -0.4 is 20.4 Å². The molecule has 2 N–H and O–H groups in total. The quantitative estimate of drug-likeness (QED) is 0.615. The highest BCUT2D eigenvalue weighted by Gasteiger charge is 2.25. The molecule has 34 heavy (non-hydrogen) atoms. The van der Waals surface area contributed by atoms with Gasteiger partial charge in [0.2, 0.25) is 5.91 Å². The molecule has 3 aliphatic rings. The van der Waals surface area contributed by atoms with Crippen LogP contribution in [-0.2, 0) is 4.79 Å². The normalized spacial score (nSPS) is 21.9. The Kier molecular flexibility index (Phi) is 7.18. The first-order chi connectivity index (χ1) is 16.7. The summed E-state index contributed by atoms with van der Waals surface area (Å²) >= 11 is 0. The molecule has 0 bridgehead atoms. The summed E-state index contributed by atoms with van der Waals surface area (Å²) in [6.07, 6.45) is 12.2. The Morgan fingerprint density at radius 1 is 1.00 bits per heavy atom. The number of aromatic nitrogens is 4. The topological polar surface area (TPSA) is 99.2 Å². The van der Waals surface area contributed by atoms with Gasteiger partial charge in [-0.05, 0) is 70.0 Å². The van der Waals surface area contributed by atoms with Crippen molar-refractivity contribution in [1.29, 1.82) is 0 Å². The molecule has 0 aromatic carbocycles. The second-order valence-electron chi connectivity index (χ2n) is 9.97. The molecule has 182 valence electrons. The smallest absolute Gasteiger partial charge is 0.234 e. The lowest BCUT2D eigenvalue weighted by molar-refractivity contribution is -0.117. The molecule has 2 aliphatic heterocycles. The Morgan fingerprint density at radius 3 is 2.56 bits per heavy atom. The molecular weight excluding hydrogens is 428 g/mol. The molecule has 5 rings (SSSR count). The lowest BCUT2D eigenvalue weighted by Crippen LogP contribution is -2.47. The Hall–Kier alpha value is -2.81. The summed E-state index contributed by atoms with van der Waals surface area (Å²) in [5, 5.41) is 15.5. The molecule has 1 unspecified atom stereocenters. The minimum absolute atomic E-state index is 0.159. The highest BCUT2D eigenvalue weighted by Crippen LogP contribution is 2.26. The number of rotatable bonds is 8. The molecule has 1 saturated carbocycles. The molecule has 3 fully saturated rings. The first-order valence-corrected chi connectivity index (χ1v) is 12.9. The number of hydrogen-bond acceptors (Lipinski definition) is 8. The molecule has 9 heteroatoms. The maximum atomic E-state index is 12.9. The predicted molar refractivity (Wildman–Crippen MR) is 133 cm³/mol. The summed E-state index contributed by atoms with van der Waals surface area (Å²) in [6, 6.07) is 4.43. The highest BCUT2D eigenvalue weighted by molar-refractivity contribution is 5.94. The van der Waals surface area contributed by atoms with Crippen molar-refractivity contribution in [2.45, 2.75) is 63.8 Å². The van der Waals surface area contributed by atoms with Crippen molar-refractivity contribution in [3.8, 4) is 0 Å². The zero-order valence-electron chi connectivity index (χ0n) is 20.1. The van der Waals surface area contributed by atoms with E-state index in [0.29, 0.717) is 17.6 Å². The lowest BCUT2D eigenvalue weighted by atomic mass is 9.85. The van der Waals surface area contributed by atoms with Crippen LogP contribution >= 0.6 is 0 Å². The number of carbonyl (C=O) groups excluding carboxylic acids is 1. The molecule has 1 amide bonds. The minimum atomic E-state index is -0.433. The molecule has 2 saturated heterocycles. The fourth-order valence-electron chi connectivity index (χ4n) is 5.00. The van der Waals surface area contributed by atoms with Gasteiger partial charge in [-0.3, -0.25) is 9.78 Å². The lowest BCUT2D eigenvalue weighted by Gasteiger charge is -2.35. The first kappa shape index (κ1) is 23.0. The van der Waals surface area contributed by atoms with E-state index >= 15 is 0 Å². The van der Waals surface area contributed by atoms with E-state index in [1.165, 1.54) is 38.5 Å². The predicted octanol–water partition coefficient (Wildman–Crippen LogP) is 2.97. The molecule has 1 aliphatic carbocycles. The van der Waals surface area contributed by atoms with Crippen LogP contribution in [0.1, 0.15) is 63.5 Å². The van der Waals surface area contributed by atoms with Gasteiger partial charge in [0.1, 0.15) is 5.82 Å². The van der Waals surface area contributed by atoms with Gasteiger partial charge in [-0.1, -0.05) is 6.42 Å². The number of hydrogen-bond donors (Lipinski definition) is 2. The van der Waals surface area contributed by atoms with Crippen molar-refractivity contribution in [3.63, 3.8) is 0 Å². The van der Waals surface area contributed by atoms with Crippen LogP contribution in [0.5, 0.6) is 0 Å². The first-order valence-electron chi connectivity index (χ1n) is 12.9. The standard InChI is InChI=1S/C25H36N8O/c1-18(25(34)29-22-15-26-16-24(28-22)32-11-2-3-12-32)21-9-10-23(31-30-21)33-13-5-8-20(17-33)27-14-19-6-4-7-19/h9-10,15-16,18-20,27H,2-8,11-14,17H2,1H3,(H,28,29,34)/t18?,20-/m1/s1. The maximum Gasteiger partial charge on any atom is 0.234 e. The maximum absolute atomic E-state index is 12.9. The summed E-state index contributed by atoms with van der Waals surface area (Å²) in [6.45, 7) is 6.91. The van der Waals surface area contributed by atoms with E-state index < -0.39 is 5.92 Å². The van der Waals surface area contributed by atoms with Crippen LogP contribution in [0.2, 0.25) is 0 Å². The largest absolute Gasteiger partial charge is 0.355 e. The molecule has 0 radical (unpaired) electrons. The number of piperidine rings is 1. The van der Waals surface area contributed by atoms with Gasteiger partial charge >= 0.3 is 0 Å². The van der Waals surface area contributed by atoms with E-state index in [4.69, 9.17) is 0 Å². The third-order valence-electron chi connectivity index (χ3n) is 7.48. The number of carbonyl (C=O) groups is 1. The van der Waals surface area contributed by atoms with Gasteiger partial charge in [-0.25, -0.2) is 4.98 Å². The van der Waals surface area contributed by atoms with E-state index in [9.17, 15) is 4.79 Å².